The maximum absolute atomic E-state index is 12.6. The fourth-order valence-corrected chi connectivity index (χ4v) is 4.72. The molecule has 0 bridgehead atoms. The quantitative estimate of drug-likeness (QED) is 0.466. The number of ether oxygens (including phenoxy) is 2. The predicted molar refractivity (Wildman–Crippen MR) is 140 cm³/mol. The average molecular weight is 510 g/mol. The van der Waals surface area contributed by atoms with Crippen LogP contribution in [0.5, 0.6) is 11.5 Å². The van der Waals surface area contributed by atoms with Crippen molar-refractivity contribution in [3.8, 4) is 11.5 Å². The van der Waals surface area contributed by atoms with E-state index in [0.717, 1.165) is 36.3 Å². The Labute approximate surface area is 217 Å². The van der Waals surface area contributed by atoms with Gasteiger partial charge in [0.1, 0.15) is 5.60 Å². The molecule has 1 saturated heterocycles. The van der Waals surface area contributed by atoms with E-state index in [1.165, 1.54) is 0 Å². The van der Waals surface area contributed by atoms with Crippen LogP contribution in [0.1, 0.15) is 45.6 Å². The van der Waals surface area contributed by atoms with E-state index in [-0.39, 0.29) is 5.91 Å². The molecule has 2 aromatic carbocycles. The highest BCUT2D eigenvalue weighted by Gasteiger charge is 2.35. The average Bonchev–Trinajstić information content (AvgIpc) is 2.90. The maximum atomic E-state index is 12.6. The lowest BCUT2D eigenvalue weighted by Crippen LogP contribution is -2.42. The van der Waals surface area contributed by atoms with Crippen molar-refractivity contribution >= 4 is 17.5 Å². The number of nitrogens with zero attached hydrogens (tertiary/aromatic N) is 2. The minimum Gasteiger partial charge on any atom is -0.493 e. The molecule has 0 atom stereocenters. The Morgan fingerprint density at radius 2 is 1.83 bits per heavy atom. The summed E-state index contributed by atoms with van der Waals surface area (Å²) in [7, 11) is 3.26. The summed E-state index contributed by atoms with van der Waals surface area (Å²) < 4.78 is 10.7. The van der Waals surface area contributed by atoms with Gasteiger partial charge in [-0.15, -0.1) is 0 Å². The smallest absolute Gasteiger partial charge is 0.251 e. The van der Waals surface area contributed by atoms with Crippen LogP contribution in [0.15, 0.2) is 54.7 Å². The van der Waals surface area contributed by atoms with Crippen molar-refractivity contribution in [3.05, 3.63) is 87.7 Å². The number of hydrogen-bond acceptors (Lipinski definition) is 6. The molecule has 1 aromatic heterocycles. The van der Waals surface area contributed by atoms with Crippen LogP contribution in [0.25, 0.3) is 0 Å². The number of aromatic nitrogens is 1. The molecule has 1 aliphatic rings. The van der Waals surface area contributed by atoms with Crippen LogP contribution in [0.2, 0.25) is 5.02 Å². The highest BCUT2D eigenvalue weighted by atomic mass is 35.5. The molecule has 7 nitrogen and oxygen atoms in total. The topological polar surface area (TPSA) is 83.9 Å². The van der Waals surface area contributed by atoms with Gasteiger partial charge in [0.15, 0.2) is 11.5 Å². The van der Waals surface area contributed by atoms with Gasteiger partial charge in [-0.3, -0.25) is 14.7 Å². The molecular weight excluding hydrogens is 478 g/mol. The number of nitrogens with one attached hydrogen (secondary N) is 1. The first-order valence-corrected chi connectivity index (χ1v) is 12.3. The molecule has 1 aliphatic heterocycles. The normalized spacial score (nSPS) is 15.4. The third-order valence-corrected chi connectivity index (χ3v) is 7.21. The van der Waals surface area contributed by atoms with Crippen molar-refractivity contribution < 1.29 is 19.4 Å². The monoisotopic (exact) mass is 509 g/mol. The van der Waals surface area contributed by atoms with Gasteiger partial charge in [0.2, 0.25) is 0 Å². The molecule has 0 saturated carbocycles. The largest absolute Gasteiger partial charge is 0.493 e. The summed E-state index contributed by atoms with van der Waals surface area (Å²) in [4.78, 5) is 19.4. The highest BCUT2D eigenvalue weighted by molar-refractivity contribution is 6.31. The van der Waals surface area contributed by atoms with Crippen molar-refractivity contribution in [1.82, 2.24) is 15.2 Å². The highest BCUT2D eigenvalue weighted by Crippen LogP contribution is 2.33. The molecule has 2 N–H and O–H groups in total. The van der Waals surface area contributed by atoms with Gasteiger partial charge < -0.3 is 19.9 Å². The second-order valence-corrected chi connectivity index (χ2v) is 9.55. The third kappa shape index (κ3) is 5.81. The summed E-state index contributed by atoms with van der Waals surface area (Å²) >= 11 is 6.15. The second kappa shape index (κ2) is 11.3. The van der Waals surface area contributed by atoms with Gasteiger partial charge in [0.25, 0.3) is 5.91 Å². The maximum Gasteiger partial charge on any atom is 0.251 e. The molecule has 0 radical (unpaired) electrons. The summed E-state index contributed by atoms with van der Waals surface area (Å²) in [5, 5.41) is 14.9. The summed E-state index contributed by atoms with van der Waals surface area (Å²) in [5.74, 6) is 1.23. The molecule has 4 rings (SSSR count). The number of rotatable bonds is 8. The Balaban J connectivity index is 1.36. The number of carbonyl (C=O) groups is 1. The number of benzene rings is 2. The number of halogens is 1. The molecule has 0 unspecified atom stereocenters. The SMILES string of the molecule is COc1ccc(CN2CCC(O)(c3cc(CNC(=O)c4cccc(Cl)c4C)ccn3)CC2)cc1OC. The molecule has 0 spiro atoms. The van der Waals surface area contributed by atoms with Crippen molar-refractivity contribution in [1.29, 1.82) is 0 Å². The van der Waals surface area contributed by atoms with Crippen LogP contribution in [0, 0.1) is 6.92 Å². The van der Waals surface area contributed by atoms with E-state index >= 15 is 0 Å². The number of pyridine rings is 1. The van der Waals surface area contributed by atoms with Gasteiger partial charge in [-0.25, -0.2) is 0 Å². The number of hydrogen-bond donors (Lipinski definition) is 2. The first-order chi connectivity index (χ1) is 17.3. The number of carbonyl (C=O) groups excluding carboxylic acids is 1. The van der Waals surface area contributed by atoms with Crippen LogP contribution in [0.3, 0.4) is 0 Å². The Morgan fingerprint density at radius 1 is 1.08 bits per heavy atom. The first kappa shape index (κ1) is 25.9. The lowest BCUT2D eigenvalue weighted by atomic mass is 9.87. The molecule has 0 aliphatic carbocycles. The fourth-order valence-electron chi connectivity index (χ4n) is 4.54. The molecule has 8 heteroatoms. The van der Waals surface area contributed by atoms with Gasteiger partial charge in [0, 0.05) is 43.0 Å². The molecule has 36 heavy (non-hydrogen) atoms. The fraction of sp³-hybridized carbons (Fsp3) is 0.357. The van der Waals surface area contributed by atoms with Crippen LogP contribution >= 0.6 is 11.6 Å². The Kier molecular flexibility index (Phi) is 8.14. The van der Waals surface area contributed by atoms with E-state index < -0.39 is 5.60 Å². The van der Waals surface area contributed by atoms with Gasteiger partial charge in [-0.2, -0.15) is 0 Å². The van der Waals surface area contributed by atoms with Gasteiger partial charge >= 0.3 is 0 Å². The van der Waals surface area contributed by atoms with E-state index in [4.69, 9.17) is 21.1 Å². The van der Waals surface area contributed by atoms with Crippen LogP contribution in [-0.2, 0) is 18.7 Å². The molecule has 190 valence electrons. The minimum atomic E-state index is -1.00. The van der Waals surface area contributed by atoms with E-state index in [9.17, 15) is 9.90 Å². The summed E-state index contributed by atoms with van der Waals surface area (Å²) in [6.07, 6.45) is 2.84. The van der Waals surface area contributed by atoms with Crippen molar-refractivity contribution in [3.63, 3.8) is 0 Å². The molecule has 1 fully saturated rings. The zero-order chi connectivity index (χ0) is 25.7. The van der Waals surface area contributed by atoms with Crippen LogP contribution in [0.4, 0.5) is 0 Å². The number of methoxy groups -OCH3 is 2. The standard InChI is InChI=1S/C28H32ClN3O4/c1-19-22(5-4-6-23(19)29)27(33)31-17-20-9-12-30-26(16-20)28(34)10-13-32(14-11-28)18-21-7-8-24(35-2)25(15-21)36-3/h4-9,12,15-16,34H,10-11,13-14,17-18H2,1-3H3,(H,31,33). The summed E-state index contributed by atoms with van der Waals surface area (Å²) in [6, 6.07) is 15.0. The van der Waals surface area contributed by atoms with Gasteiger partial charge in [0.05, 0.1) is 19.9 Å². The number of likely N-dealkylation sites (tertiary alicyclic amines) is 1. The zero-order valence-electron chi connectivity index (χ0n) is 20.9. The van der Waals surface area contributed by atoms with Crippen molar-refractivity contribution in [2.75, 3.05) is 27.3 Å². The first-order valence-electron chi connectivity index (χ1n) is 12.0. The molecular formula is C28H32ClN3O4. The van der Waals surface area contributed by atoms with Crippen molar-refractivity contribution in [2.24, 2.45) is 0 Å². The van der Waals surface area contributed by atoms with E-state index in [0.29, 0.717) is 47.2 Å². The molecule has 1 amide bonds. The Bertz CT molecular complexity index is 1230. The number of amides is 1. The Morgan fingerprint density at radius 3 is 2.56 bits per heavy atom. The summed E-state index contributed by atoms with van der Waals surface area (Å²) in [5.41, 5.74) is 2.95. The van der Waals surface area contributed by atoms with E-state index in [1.54, 1.807) is 38.6 Å². The van der Waals surface area contributed by atoms with Crippen LogP contribution in [-0.4, -0.2) is 48.2 Å². The summed E-state index contributed by atoms with van der Waals surface area (Å²) in [6.45, 7) is 4.40. The lowest BCUT2D eigenvalue weighted by molar-refractivity contribution is -0.0311. The van der Waals surface area contributed by atoms with E-state index in [2.05, 4.69) is 15.2 Å². The minimum absolute atomic E-state index is 0.185. The zero-order valence-corrected chi connectivity index (χ0v) is 21.6. The predicted octanol–water partition coefficient (Wildman–Crippen LogP) is 4.47. The Hall–Kier alpha value is -3.13. The third-order valence-electron chi connectivity index (χ3n) is 6.80. The van der Waals surface area contributed by atoms with Crippen LogP contribution < -0.4 is 14.8 Å². The lowest BCUT2D eigenvalue weighted by Gasteiger charge is -2.38. The molecule has 2 heterocycles. The van der Waals surface area contributed by atoms with Gasteiger partial charge in [-0.1, -0.05) is 23.7 Å². The second-order valence-electron chi connectivity index (χ2n) is 9.14. The number of piperidine rings is 1. The van der Waals surface area contributed by atoms with Crippen molar-refractivity contribution in [2.45, 2.75) is 38.5 Å². The van der Waals surface area contributed by atoms with E-state index in [1.807, 2.05) is 37.3 Å². The number of aliphatic hydroxyl groups is 1. The van der Waals surface area contributed by atoms with Gasteiger partial charge in [-0.05, 0) is 72.9 Å². The molecule has 3 aromatic rings.